The fraction of sp³-hybridized carbons (Fsp3) is 0.158. The number of ether oxygens (including phenoxy) is 1. The highest BCUT2D eigenvalue weighted by Gasteiger charge is 2.08. The molecule has 0 saturated carbocycles. The fourth-order valence-electron chi connectivity index (χ4n) is 2.46. The van der Waals surface area contributed by atoms with Gasteiger partial charge >= 0.3 is 5.63 Å². The van der Waals surface area contributed by atoms with Gasteiger partial charge < -0.3 is 14.5 Å². The predicted molar refractivity (Wildman–Crippen MR) is 92.4 cm³/mol. The van der Waals surface area contributed by atoms with Crippen molar-refractivity contribution >= 4 is 22.6 Å². The first-order valence-corrected chi connectivity index (χ1v) is 7.70. The predicted octanol–water partition coefficient (Wildman–Crippen LogP) is 3.37. The molecule has 1 amide bonds. The largest absolute Gasteiger partial charge is 0.484 e. The molecule has 5 nitrogen and oxygen atoms in total. The van der Waals surface area contributed by atoms with Gasteiger partial charge in [-0.05, 0) is 36.2 Å². The number of carbonyl (C=O) groups is 1. The number of fused-ring (bicyclic) bond motifs is 1. The molecule has 1 aromatic heterocycles. The monoisotopic (exact) mass is 323 g/mol. The lowest BCUT2D eigenvalue weighted by molar-refractivity contribution is -0.118. The van der Waals surface area contributed by atoms with E-state index in [1.54, 1.807) is 24.3 Å². The summed E-state index contributed by atoms with van der Waals surface area (Å²) < 4.78 is 10.7. The van der Waals surface area contributed by atoms with Crippen molar-refractivity contribution in [1.82, 2.24) is 0 Å². The van der Waals surface area contributed by atoms with E-state index in [0.717, 1.165) is 17.4 Å². The summed E-state index contributed by atoms with van der Waals surface area (Å²) in [6, 6.07) is 15.9. The standard InChI is InChI=1S/C19H17NO4/c1-2-13-10-19(22)24-17-11-15(8-9-16(13)17)23-12-18(21)20-14-6-4-3-5-7-14/h3-11H,2,12H2,1H3,(H,20,21). The van der Waals surface area contributed by atoms with E-state index in [2.05, 4.69) is 5.32 Å². The Hall–Kier alpha value is -3.08. The van der Waals surface area contributed by atoms with Crippen LogP contribution in [0.15, 0.2) is 63.8 Å². The Balaban J connectivity index is 1.71. The minimum absolute atomic E-state index is 0.127. The van der Waals surface area contributed by atoms with Crippen molar-refractivity contribution in [3.05, 3.63) is 70.6 Å². The minimum atomic E-state index is -0.390. The molecule has 3 rings (SSSR count). The Morgan fingerprint density at radius 2 is 1.92 bits per heavy atom. The highest BCUT2D eigenvalue weighted by molar-refractivity contribution is 5.91. The molecule has 1 N–H and O–H groups in total. The zero-order chi connectivity index (χ0) is 16.9. The van der Waals surface area contributed by atoms with Crippen molar-refractivity contribution in [2.24, 2.45) is 0 Å². The number of para-hydroxylation sites is 1. The number of benzene rings is 2. The van der Waals surface area contributed by atoms with Crippen LogP contribution in [0.3, 0.4) is 0 Å². The molecule has 0 bridgehead atoms. The Labute approximate surface area is 138 Å². The first-order chi connectivity index (χ1) is 11.7. The van der Waals surface area contributed by atoms with Gasteiger partial charge in [0, 0.05) is 23.2 Å². The third kappa shape index (κ3) is 3.63. The average Bonchev–Trinajstić information content (AvgIpc) is 2.59. The van der Waals surface area contributed by atoms with Crippen LogP contribution in [0.1, 0.15) is 12.5 Å². The Morgan fingerprint density at radius 1 is 1.12 bits per heavy atom. The van der Waals surface area contributed by atoms with Crippen LogP contribution < -0.4 is 15.7 Å². The van der Waals surface area contributed by atoms with E-state index in [9.17, 15) is 9.59 Å². The SMILES string of the molecule is CCc1cc(=O)oc2cc(OCC(=O)Nc3ccccc3)ccc12. The second-order valence-corrected chi connectivity index (χ2v) is 5.31. The molecule has 5 heteroatoms. The Kier molecular flexibility index (Phi) is 4.61. The van der Waals surface area contributed by atoms with E-state index >= 15 is 0 Å². The maximum atomic E-state index is 11.9. The number of aryl methyl sites for hydroxylation is 1. The quantitative estimate of drug-likeness (QED) is 0.731. The van der Waals surface area contributed by atoms with Gasteiger partial charge in [-0.15, -0.1) is 0 Å². The zero-order valence-corrected chi connectivity index (χ0v) is 13.2. The lowest BCUT2D eigenvalue weighted by Crippen LogP contribution is -2.20. The van der Waals surface area contributed by atoms with Crippen LogP contribution >= 0.6 is 0 Å². The van der Waals surface area contributed by atoms with Gasteiger partial charge in [0.05, 0.1) is 0 Å². The van der Waals surface area contributed by atoms with Crippen LogP contribution in [0.4, 0.5) is 5.69 Å². The molecule has 0 aliphatic rings. The lowest BCUT2D eigenvalue weighted by Gasteiger charge is -2.09. The highest BCUT2D eigenvalue weighted by atomic mass is 16.5. The van der Waals surface area contributed by atoms with Gasteiger partial charge in [0.15, 0.2) is 6.61 Å². The fourth-order valence-corrected chi connectivity index (χ4v) is 2.46. The summed E-state index contributed by atoms with van der Waals surface area (Å²) in [4.78, 5) is 23.5. The van der Waals surface area contributed by atoms with Crippen LogP contribution in [0.25, 0.3) is 11.0 Å². The molecule has 24 heavy (non-hydrogen) atoms. The van der Waals surface area contributed by atoms with Crippen molar-refractivity contribution in [1.29, 1.82) is 0 Å². The van der Waals surface area contributed by atoms with Crippen molar-refractivity contribution in [2.75, 3.05) is 11.9 Å². The van der Waals surface area contributed by atoms with E-state index in [0.29, 0.717) is 17.0 Å². The van der Waals surface area contributed by atoms with Crippen LogP contribution in [-0.2, 0) is 11.2 Å². The molecule has 1 heterocycles. The molecule has 0 aliphatic carbocycles. The van der Waals surface area contributed by atoms with Crippen molar-refractivity contribution in [2.45, 2.75) is 13.3 Å². The van der Waals surface area contributed by atoms with Gasteiger partial charge in [-0.3, -0.25) is 4.79 Å². The summed E-state index contributed by atoms with van der Waals surface area (Å²) in [5, 5.41) is 3.61. The smallest absolute Gasteiger partial charge is 0.336 e. The molecule has 0 fully saturated rings. The van der Waals surface area contributed by atoms with Gasteiger partial charge in [0.1, 0.15) is 11.3 Å². The van der Waals surface area contributed by atoms with Gasteiger partial charge in [-0.25, -0.2) is 4.79 Å². The molecule has 0 radical (unpaired) electrons. The van der Waals surface area contributed by atoms with E-state index in [4.69, 9.17) is 9.15 Å². The Morgan fingerprint density at radius 3 is 2.67 bits per heavy atom. The molecule has 0 spiro atoms. The number of anilines is 1. The van der Waals surface area contributed by atoms with Gasteiger partial charge in [0.2, 0.25) is 0 Å². The number of hydrogen-bond acceptors (Lipinski definition) is 4. The molecular formula is C19H17NO4. The summed E-state index contributed by atoms with van der Waals surface area (Å²) in [5.74, 6) is 0.215. The molecule has 0 saturated heterocycles. The van der Waals surface area contributed by atoms with Gasteiger partial charge in [0.25, 0.3) is 5.91 Å². The van der Waals surface area contributed by atoms with Crippen molar-refractivity contribution < 1.29 is 13.9 Å². The molecule has 0 unspecified atom stereocenters. The molecule has 3 aromatic rings. The van der Waals surface area contributed by atoms with Gasteiger partial charge in [-0.2, -0.15) is 0 Å². The van der Waals surface area contributed by atoms with Crippen LogP contribution in [-0.4, -0.2) is 12.5 Å². The average molecular weight is 323 g/mol. The molecule has 122 valence electrons. The van der Waals surface area contributed by atoms with E-state index < -0.39 is 5.63 Å². The normalized spacial score (nSPS) is 10.5. The number of amides is 1. The second-order valence-electron chi connectivity index (χ2n) is 5.31. The lowest BCUT2D eigenvalue weighted by atomic mass is 10.1. The van der Waals surface area contributed by atoms with E-state index in [1.807, 2.05) is 31.2 Å². The zero-order valence-electron chi connectivity index (χ0n) is 13.2. The summed E-state index contributed by atoms with van der Waals surface area (Å²) in [7, 11) is 0. The second kappa shape index (κ2) is 7.00. The summed E-state index contributed by atoms with van der Waals surface area (Å²) in [6.45, 7) is 1.85. The first-order valence-electron chi connectivity index (χ1n) is 7.70. The van der Waals surface area contributed by atoms with Crippen LogP contribution in [0.5, 0.6) is 5.75 Å². The van der Waals surface area contributed by atoms with E-state index in [-0.39, 0.29) is 12.5 Å². The molecule has 2 aromatic carbocycles. The Bertz CT molecular complexity index is 916. The molecule has 0 atom stereocenters. The number of rotatable bonds is 5. The first kappa shape index (κ1) is 15.8. The maximum Gasteiger partial charge on any atom is 0.336 e. The van der Waals surface area contributed by atoms with Crippen molar-refractivity contribution in [3.63, 3.8) is 0 Å². The summed E-state index contributed by atoms with van der Waals surface area (Å²) in [5.41, 5.74) is 1.71. The van der Waals surface area contributed by atoms with E-state index in [1.165, 1.54) is 6.07 Å². The molecular weight excluding hydrogens is 306 g/mol. The van der Waals surface area contributed by atoms with Crippen molar-refractivity contribution in [3.8, 4) is 5.75 Å². The highest BCUT2D eigenvalue weighted by Crippen LogP contribution is 2.23. The third-order valence-electron chi connectivity index (χ3n) is 3.61. The minimum Gasteiger partial charge on any atom is -0.484 e. The van der Waals surface area contributed by atoms with Gasteiger partial charge in [-0.1, -0.05) is 25.1 Å². The number of carbonyl (C=O) groups excluding carboxylic acids is 1. The maximum absolute atomic E-state index is 11.9. The number of hydrogen-bond donors (Lipinski definition) is 1. The summed E-state index contributed by atoms with van der Waals surface area (Å²) >= 11 is 0. The third-order valence-corrected chi connectivity index (χ3v) is 3.61. The molecule has 0 aliphatic heterocycles. The number of nitrogens with one attached hydrogen (secondary N) is 1. The van der Waals surface area contributed by atoms with Crippen LogP contribution in [0.2, 0.25) is 0 Å². The summed E-state index contributed by atoms with van der Waals surface area (Å²) in [6.07, 6.45) is 0.738. The van der Waals surface area contributed by atoms with Crippen LogP contribution in [0, 0.1) is 0 Å². The topological polar surface area (TPSA) is 68.5 Å².